The van der Waals surface area contributed by atoms with Crippen LogP contribution in [0.3, 0.4) is 0 Å². The van der Waals surface area contributed by atoms with Crippen LogP contribution in [0.2, 0.25) is 0 Å². The Balaban J connectivity index is 1.70. The summed E-state index contributed by atoms with van der Waals surface area (Å²) in [5, 5.41) is 0. The summed E-state index contributed by atoms with van der Waals surface area (Å²) in [4.78, 5) is 21.9. The average molecular weight is 349 g/mol. The van der Waals surface area contributed by atoms with Crippen molar-refractivity contribution in [2.24, 2.45) is 0 Å². The summed E-state index contributed by atoms with van der Waals surface area (Å²) in [6.45, 7) is -0.762. The van der Waals surface area contributed by atoms with Crippen LogP contribution >= 0.6 is 0 Å². The molecule has 0 radical (unpaired) electrons. The first kappa shape index (κ1) is 17.1. The van der Waals surface area contributed by atoms with E-state index in [1.165, 1.54) is 4.90 Å². The summed E-state index contributed by atoms with van der Waals surface area (Å²) in [7, 11) is 0. The second-order valence-corrected chi connectivity index (χ2v) is 5.59. The molecule has 0 spiro atoms. The van der Waals surface area contributed by atoms with Crippen LogP contribution in [0.1, 0.15) is 22.6 Å². The molecule has 0 N–H and O–H groups in total. The zero-order valence-electron chi connectivity index (χ0n) is 13.6. The number of hydrogen-bond acceptors (Lipinski definition) is 5. The summed E-state index contributed by atoms with van der Waals surface area (Å²) < 4.78 is 35.0. The maximum Gasteiger partial charge on any atom is 0.410 e. The van der Waals surface area contributed by atoms with Crippen LogP contribution < -0.4 is 4.74 Å². The Morgan fingerprint density at radius 2 is 2.04 bits per heavy atom. The molecule has 1 aromatic heterocycles. The Kier molecular flexibility index (Phi) is 5.06. The fourth-order valence-corrected chi connectivity index (χ4v) is 2.65. The van der Waals surface area contributed by atoms with E-state index in [0.717, 1.165) is 5.56 Å². The SMILES string of the molecule is Cc1nc2c(c(OC(F)F)n1)CN(C(=O)OCc1ccccc1)CC2. The second kappa shape index (κ2) is 7.42. The molecule has 2 aromatic rings. The van der Waals surface area contributed by atoms with Gasteiger partial charge in [0.1, 0.15) is 12.4 Å². The van der Waals surface area contributed by atoms with Crippen molar-refractivity contribution in [1.82, 2.24) is 14.9 Å². The highest BCUT2D eigenvalue weighted by molar-refractivity contribution is 5.68. The topological polar surface area (TPSA) is 64.6 Å². The highest BCUT2D eigenvalue weighted by Gasteiger charge is 2.27. The molecule has 0 aliphatic carbocycles. The minimum atomic E-state index is -2.99. The minimum Gasteiger partial charge on any atom is -0.445 e. The Hall–Kier alpha value is -2.77. The number of alkyl halides is 2. The van der Waals surface area contributed by atoms with E-state index in [4.69, 9.17) is 4.74 Å². The van der Waals surface area contributed by atoms with Gasteiger partial charge < -0.3 is 14.4 Å². The van der Waals surface area contributed by atoms with Gasteiger partial charge in [-0.05, 0) is 12.5 Å². The molecule has 0 saturated carbocycles. The number of carbonyl (C=O) groups excluding carboxylic acids is 1. The molecule has 2 heterocycles. The molecule has 0 atom stereocenters. The number of carbonyl (C=O) groups is 1. The quantitative estimate of drug-likeness (QED) is 0.849. The highest BCUT2D eigenvalue weighted by atomic mass is 19.3. The van der Waals surface area contributed by atoms with Crippen molar-refractivity contribution in [3.8, 4) is 5.88 Å². The number of benzene rings is 1. The zero-order chi connectivity index (χ0) is 17.8. The van der Waals surface area contributed by atoms with Gasteiger partial charge in [-0.25, -0.2) is 9.78 Å². The largest absolute Gasteiger partial charge is 0.445 e. The third-order valence-corrected chi connectivity index (χ3v) is 3.80. The first-order chi connectivity index (χ1) is 12.0. The Morgan fingerprint density at radius 3 is 2.76 bits per heavy atom. The van der Waals surface area contributed by atoms with Crippen molar-refractivity contribution in [3.05, 3.63) is 53.0 Å². The Morgan fingerprint density at radius 1 is 1.28 bits per heavy atom. The lowest BCUT2D eigenvalue weighted by Crippen LogP contribution is -2.37. The maximum absolute atomic E-state index is 12.6. The van der Waals surface area contributed by atoms with Crippen LogP contribution in [-0.2, 0) is 24.3 Å². The van der Waals surface area contributed by atoms with Crippen LogP contribution in [0.15, 0.2) is 30.3 Å². The van der Waals surface area contributed by atoms with Crippen molar-refractivity contribution in [2.45, 2.75) is 33.1 Å². The van der Waals surface area contributed by atoms with Gasteiger partial charge in [-0.1, -0.05) is 30.3 Å². The number of aryl methyl sites for hydroxylation is 1. The number of halogens is 2. The molecular weight excluding hydrogens is 332 g/mol. The lowest BCUT2D eigenvalue weighted by Gasteiger charge is -2.28. The van der Waals surface area contributed by atoms with E-state index < -0.39 is 12.7 Å². The maximum atomic E-state index is 12.6. The van der Waals surface area contributed by atoms with Gasteiger partial charge in [0.15, 0.2) is 0 Å². The third-order valence-electron chi connectivity index (χ3n) is 3.80. The summed E-state index contributed by atoms with van der Waals surface area (Å²) in [6.07, 6.45) is -0.0864. The number of hydrogen-bond donors (Lipinski definition) is 0. The number of fused-ring (bicyclic) bond motifs is 1. The van der Waals surface area contributed by atoms with E-state index in [1.807, 2.05) is 30.3 Å². The molecule has 1 amide bonds. The molecule has 1 aromatic carbocycles. The Bertz CT molecular complexity index is 756. The van der Waals surface area contributed by atoms with E-state index in [-0.39, 0.29) is 19.0 Å². The van der Waals surface area contributed by atoms with E-state index >= 15 is 0 Å². The van der Waals surface area contributed by atoms with Gasteiger partial charge in [0.05, 0.1) is 17.8 Å². The molecule has 1 aliphatic rings. The normalized spacial score (nSPS) is 13.5. The van der Waals surface area contributed by atoms with E-state index in [2.05, 4.69) is 14.7 Å². The van der Waals surface area contributed by atoms with E-state index in [1.54, 1.807) is 6.92 Å². The van der Waals surface area contributed by atoms with Crippen LogP contribution in [0, 0.1) is 6.92 Å². The second-order valence-electron chi connectivity index (χ2n) is 5.59. The van der Waals surface area contributed by atoms with Crippen LogP contribution in [0.4, 0.5) is 13.6 Å². The number of aromatic nitrogens is 2. The minimum absolute atomic E-state index is 0.0747. The van der Waals surface area contributed by atoms with Crippen molar-refractivity contribution < 1.29 is 23.0 Å². The fourth-order valence-electron chi connectivity index (χ4n) is 2.65. The number of rotatable bonds is 4. The summed E-state index contributed by atoms with van der Waals surface area (Å²) in [5.74, 6) is 0.174. The fraction of sp³-hybridized carbons (Fsp3) is 0.353. The third kappa shape index (κ3) is 4.20. The molecule has 0 fully saturated rings. The van der Waals surface area contributed by atoms with Crippen LogP contribution in [0.5, 0.6) is 5.88 Å². The van der Waals surface area contributed by atoms with E-state index in [9.17, 15) is 13.6 Å². The Labute approximate surface area is 143 Å². The lowest BCUT2D eigenvalue weighted by atomic mass is 10.1. The van der Waals surface area contributed by atoms with Gasteiger partial charge >= 0.3 is 12.7 Å². The molecule has 8 heteroatoms. The van der Waals surface area contributed by atoms with Crippen LogP contribution in [-0.4, -0.2) is 34.1 Å². The van der Waals surface area contributed by atoms with Gasteiger partial charge in [0.25, 0.3) is 0 Å². The predicted octanol–water partition coefficient (Wildman–Crippen LogP) is 3.08. The summed E-state index contributed by atoms with van der Waals surface area (Å²) in [5.41, 5.74) is 1.89. The van der Waals surface area contributed by atoms with Crippen molar-refractivity contribution in [1.29, 1.82) is 0 Å². The average Bonchev–Trinajstić information content (AvgIpc) is 2.59. The van der Waals surface area contributed by atoms with Crippen molar-refractivity contribution >= 4 is 6.09 Å². The number of amides is 1. The monoisotopic (exact) mass is 349 g/mol. The molecule has 0 saturated heterocycles. The lowest BCUT2D eigenvalue weighted by molar-refractivity contribution is -0.0542. The first-order valence-corrected chi connectivity index (χ1v) is 7.80. The van der Waals surface area contributed by atoms with Crippen molar-refractivity contribution in [2.75, 3.05) is 6.54 Å². The van der Waals surface area contributed by atoms with Gasteiger partial charge in [0, 0.05) is 13.0 Å². The molecule has 6 nitrogen and oxygen atoms in total. The molecule has 0 bridgehead atoms. The van der Waals surface area contributed by atoms with Gasteiger partial charge in [-0.15, -0.1) is 0 Å². The number of ether oxygens (including phenoxy) is 2. The molecule has 0 unspecified atom stereocenters. The van der Waals surface area contributed by atoms with Gasteiger partial charge in [-0.2, -0.15) is 13.8 Å². The highest BCUT2D eigenvalue weighted by Crippen LogP contribution is 2.27. The standard InChI is InChI=1S/C17H17F2N3O3/c1-11-20-14-7-8-22(9-13(14)15(21-11)25-16(18)19)17(23)24-10-12-5-3-2-4-6-12/h2-6,16H,7-10H2,1H3. The van der Waals surface area contributed by atoms with Gasteiger partial charge in [0.2, 0.25) is 5.88 Å². The smallest absolute Gasteiger partial charge is 0.410 e. The van der Waals surface area contributed by atoms with E-state index in [0.29, 0.717) is 30.0 Å². The predicted molar refractivity (Wildman–Crippen MR) is 84.1 cm³/mol. The molecule has 1 aliphatic heterocycles. The van der Waals surface area contributed by atoms with Crippen LogP contribution in [0.25, 0.3) is 0 Å². The molecule has 25 heavy (non-hydrogen) atoms. The summed E-state index contributed by atoms with van der Waals surface area (Å²) in [6, 6.07) is 9.29. The molecule has 132 valence electrons. The molecular formula is C17H17F2N3O3. The molecule has 3 rings (SSSR count). The first-order valence-electron chi connectivity index (χ1n) is 7.80. The van der Waals surface area contributed by atoms with Crippen molar-refractivity contribution in [3.63, 3.8) is 0 Å². The number of nitrogens with zero attached hydrogens (tertiary/aromatic N) is 3. The zero-order valence-corrected chi connectivity index (χ0v) is 13.6. The summed E-state index contributed by atoms with van der Waals surface area (Å²) >= 11 is 0. The van der Waals surface area contributed by atoms with Gasteiger partial charge in [-0.3, -0.25) is 0 Å².